The van der Waals surface area contributed by atoms with Crippen molar-refractivity contribution in [1.82, 2.24) is 0 Å². The smallest absolute Gasteiger partial charge is 0.228 e. The highest BCUT2D eigenvalue weighted by atomic mass is 16.3. The van der Waals surface area contributed by atoms with Crippen LogP contribution in [0, 0.1) is 5.92 Å². The fourth-order valence-corrected chi connectivity index (χ4v) is 3.05. The van der Waals surface area contributed by atoms with Crippen molar-refractivity contribution >= 4 is 23.0 Å². The normalized spacial score (nSPS) is 25.1. The molecule has 0 radical (unpaired) electrons. The summed E-state index contributed by atoms with van der Waals surface area (Å²) in [7, 11) is 0. The Hall–Kier alpha value is -1.75. The molecule has 108 valence electrons. The van der Waals surface area contributed by atoms with Crippen molar-refractivity contribution in [3.05, 3.63) is 17.7 Å². The van der Waals surface area contributed by atoms with Crippen LogP contribution in [0.15, 0.2) is 12.1 Å². The Bertz CT molecular complexity index is 522. The predicted octanol–water partition coefficient (Wildman–Crippen LogP) is 1.73. The van der Waals surface area contributed by atoms with Crippen molar-refractivity contribution in [1.29, 1.82) is 0 Å². The van der Waals surface area contributed by atoms with Crippen molar-refractivity contribution in [3.63, 3.8) is 0 Å². The molecule has 5 nitrogen and oxygen atoms in total. The Kier molecular flexibility index (Phi) is 3.53. The van der Waals surface area contributed by atoms with Gasteiger partial charge in [0.1, 0.15) is 0 Å². The van der Waals surface area contributed by atoms with Crippen molar-refractivity contribution in [2.75, 3.05) is 22.9 Å². The minimum absolute atomic E-state index is 0.0258. The summed E-state index contributed by atoms with van der Waals surface area (Å²) < 4.78 is 0. The number of hydrogen-bond donors (Lipinski definition) is 4. The number of nitrogens with one attached hydrogen (secondary N) is 2. The number of aliphatic hydroxyl groups excluding tert-OH is 1. The summed E-state index contributed by atoms with van der Waals surface area (Å²) in [5.41, 5.74) is 9.45. The van der Waals surface area contributed by atoms with E-state index >= 15 is 0 Å². The van der Waals surface area contributed by atoms with Crippen LogP contribution in [0.4, 0.5) is 17.1 Å². The largest absolute Gasteiger partial charge is 0.397 e. The molecule has 1 saturated carbocycles. The zero-order valence-corrected chi connectivity index (χ0v) is 11.5. The number of nitrogens with two attached hydrogens (primary N) is 1. The number of carbonyl (C=O) groups is 1. The molecular weight excluding hydrogens is 254 g/mol. The predicted molar refractivity (Wildman–Crippen MR) is 79.6 cm³/mol. The van der Waals surface area contributed by atoms with Crippen LogP contribution >= 0.6 is 0 Å². The first-order valence-electron chi connectivity index (χ1n) is 7.26. The molecule has 1 aliphatic carbocycles. The van der Waals surface area contributed by atoms with E-state index in [4.69, 9.17) is 5.73 Å². The summed E-state index contributed by atoms with van der Waals surface area (Å²) in [6.45, 7) is 0.865. The van der Waals surface area contributed by atoms with Gasteiger partial charge in [-0.2, -0.15) is 0 Å². The Morgan fingerprint density at radius 2 is 2.05 bits per heavy atom. The van der Waals surface area contributed by atoms with Gasteiger partial charge in [-0.25, -0.2) is 0 Å². The van der Waals surface area contributed by atoms with Gasteiger partial charge in [0.15, 0.2) is 0 Å². The van der Waals surface area contributed by atoms with Crippen LogP contribution in [0.3, 0.4) is 0 Å². The van der Waals surface area contributed by atoms with E-state index in [1.165, 1.54) is 0 Å². The van der Waals surface area contributed by atoms with Gasteiger partial charge in [0.2, 0.25) is 5.91 Å². The molecule has 0 bridgehead atoms. The number of anilines is 3. The molecular formula is C15H21N3O2. The first kappa shape index (κ1) is 13.2. The zero-order chi connectivity index (χ0) is 14.1. The lowest BCUT2D eigenvalue weighted by Gasteiger charge is -2.26. The molecule has 1 aliphatic heterocycles. The van der Waals surface area contributed by atoms with E-state index in [1.54, 1.807) is 0 Å². The van der Waals surface area contributed by atoms with E-state index in [1.807, 2.05) is 12.1 Å². The molecule has 0 aromatic heterocycles. The topological polar surface area (TPSA) is 87.4 Å². The van der Waals surface area contributed by atoms with Crippen molar-refractivity contribution < 1.29 is 9.90 Å². The Morgan fingerprint density at radius 3 is 2.80 bits per heavy atom. The standard InChI is InChI=1S/C15H21N3O2/c16-12-5-10-6-15(20)18-13(10)7-14(12)17-8-9-1-3-11(19)4-2-9/h5,7,9,11,17,19H,1-4,6,8,16H2,(H,18,20). The monoisotopic (exact) mass is 275 g/mol. The lowest BCUT2D eigenvalue weighted by atomic mass is 9.87. The van der Waals surface area contributed by atoms with Gasteiger partial charge in [0.05, 0.1) is 23.9 Å². The summed E-state index contributed by atoms with van der Waals surface area (Å²) in [4.78, 5) is 11.4. The lowest BCUT2D eigenvalue weighted by molar-refractivity contribution is -0.115. The van der Waals surface area contributed by atoms with Crippen LogP contribution in [0.2, 0.25) is 0 Å². The van der Waals surface area contributed by atoms with Crippen LogP contribution in [0.5, 0.6) is 0 Å². The molecule has 0 atom stereocenters. The summed E-state index contributed by atoms with van der Waals surface area (Å²) >= 11 is 0. The van der Waals surface area contributed by atoms with Gasteiger partial charge in [0.25, 0.3) is 0 Å². The number of aliphatic hydroxyl groups is 1. The fraction of sp³-hybridized carbons (Fsp3) is 0.533. The Labute approximate surface area is 118 Å². The van der Waals surface area contributed by atoms with E-state index in [0.717, 1.165) is 49.2 Å². The number of benzene rings is 1. The molecule has 2 aliphatic rings. The van der Waals surface area contributed by atoms with Gasteiger partial charge >= 0.3 is 0 Å². The molecule has 20 heavy (non-hydrogen) atoms. The minimum atomic E-state index is -0.119. The highest BCUT2D eigenvalue weighted by molar-refractivity contribution is 6.00. The van der Waals surface area contributed by atoms with Gasteiger partial charge in [-0.15, -0.1) is 0 Å². The maximum Gasteiger partial charge on any atom is 0.228 e. The SMILES string of the molecule is Nc1cc2c(cc1NCC1CCC(O)CC1)NC(=O)C2. The molecule has 5 heteroatoms. The third kappa shape index (κ3) is 2.72. The molecule has 0 spiro atoms. The number of rotatable bonds is 3. The van der Waals surface area contributed by atoms with E-state index in [2.05, 4.69) is 10.6 Å². The number of fused-ring (bicyclic) bond motifs is 1. The number of nitrogen functional groups attached to an aromatic ring is 1. The molecule has 0 saturated heterocycles. The Morgan fingerprint density at radius 1 is 1.30 bits per heavy atom. The van der Waals surface area contributed by atoms with Crippen LogP contribution in [-0.4, -0.2) is 23.7 Å². The second-order valence-electron chi connectivity index (χ2n) is 5.88. The molecule has 1 amide bonds. The third-order valence-corrected chi connectivity index (χ3v) is 4.30. The molecule has 3 rings (SSSR count). The second-order valence-corrected chi connectivity index (χ2v) is 5.88. The maximum absolute atomic E-state index is 11.4. The fourth-order valence-electron chi connectivity index (χ4n) is 3.05. The van der Waals surface area contributed by atoms with Gasteiger partial charge in [-0.05, 0) is 49.3 Å². The quantitative estimate of drug-likeness (QED) is 0.633. The van der Waals surface area contributed by atoms with Gasteiger partial charge in [-0.3, -0.25) is 4.79 Å². The van der Waals surface area contributed by atoms with Crippen LogP contribution < -0.4 is 16.4 Å². The first-order chi connectivity index (χ1) is 9.61. The highest BCUT2D eigenvalue weighted by Gasteiger charge is 2.21. The van der Waals surface area contributed by atoms with Crippen molar-refractivity contribution in [2.45, 2.75) is 38.2 Å². The number of amides is 1. The highest BCUT2D eigenvalue weighted by Crippen LogP contribution is 2.32. The minimum Gasteiger partial charge on any atom is -0.397 e. The summed E-state index contributed by atoms with van der Waals surface area (Å²) in [6.07, 6.45) is 4.18. The van der Waals surface area contributed by atoms with Crippen molar-refractivity contribution in [3.8, 4) is 0 Å². The molecule has 1 heterocycles. The molecule has 1 fully saturated rings. The average Bonchev–Trinajstić information content (AvgIpc) is 2.77. The number of carbonyl (C=O) groups excluding carboxylic acids is 1. The summed E-state index contributed by atoms with van der Waals surface area (Å²) in [5, 5.41) is 15.7. The second kappa shape index (κ2) is 5.32. The molecule has 1 aromatic rings. The molecule has 5 N–H and O–H groups in total. The van der Waals surface area contributed by atoms with E-state index < -0.39 is 0 Å². The summed E-state index contributed by atoms with van der Waals surface area (Å²) in [5.74, 6) is 0.610. The van der Waals surface area contributed by atoms with Crippen LogP contribution in [-0.2, 0) is 11.2 Å². The maximum atomic E-state index is 11.4. The van der Waals surface area contributed by atoms with E-state index in [9.17, 15) is 9.90 Å². The molecule has 0 unspecified atom stereocenters. The van der Waals surface area contributed by atoms with Crippen molar-refractivity contribution in [2.24, 2.45) is 5.92 Å². The van der Waals surface area contributed by atoms with Gasteiger partial charge in [0, 0.05) is 12.2 Å². The van der Waals surface area contributed by atoms with E-state index in [0.29, 0.717) is 18.0 Å². The van der Waals surface area contributed by atoms with Crippen LogP contribution in [0.1, 0.15) is 31.2 Å². The van der Waals surface area contributed by atoms with Crippen LogP contribution in [0.25, 0.3) is 0 Å². The number of hydrogen-bond acceptors (Lipinski definition) is 4. The zero-order valence-electron chi connectivity index (χ0n) is 11.5. The van der Waals surface area contributed by atoms with E-state index in [-0.39, 0.29) is 12.0 Å². The Balaban J connectivity index is 1.63. The first-order valence-corrected chi connectivity index (χ1v) is 7.26. The molecule has 1 aromatic carbocycles. The van der Waals surface area contributed by atoms with Gasteiger partial charge < -0.3 is 21.5 Å². The lowest BCUT2D eigenvalue weighted by Crippen LogP contribution is -2.23. The third-order valence-electron chi connectivity index (χ3n) is 4.30. The summed E-state index contributed by atoms with van der Waals surface area (Å²) in [6, 6.07) is 3.80. The average molecular weight is 275 g/mol. The van der Waals surface area contributed by atoms with Gasteiger partial charge in [-0.1, -0.05) is 0 Å².